The van der Waals surface area contributed by atoms with Crippen molar-refractivity contribution in [2.75, 3.05) is 12.3 Å². The third-order valence-electron chi connectivity index (χ3n) is 7.85. The van der Waals surface area contributed by atoms with Gasteiger partial charge in [0.25, 0.3) is 5.91 Å². The van der Waals surface area contributed by atoms with Crippen molar-refractivity contribution in [1.82, 2.24) is 15.2 Å². The van der Waals surface area contributed by atoms with Crippen molar-refractivity contribution in [3.05, 3.63) is 69.5 Å². The molecule has 0 spiro atoms. The molecule has 4 aromatic rings. The number of pyridine rings is 1. The standard InChI is InChI=1S/C29H31N5O2S2/c30-26-25-24(22-7-4-12-37-22)20-15-34(16-21(20)33-29(25)38-27(26)28(31)36)23(35)14-32-19-10-8-18(9-11-19)13-17-5-2-1-3-6-17/h1-7,12,18-19,32H,8-11,13-16,30H2,(H2,31,36). The maximum atomic E-state index is 13.3. The van der Waals surface area contributed by atoms with Crippen molar-refractivity contribution in [2.24, 2.45) is 11.7 Å². The van der Waals surface area contributed by atoms with Crippen LogP contribution >= 0.6 is 22.7 Å². The highest BCUT2D eigenvalue weighted by Gasteiger charge is 2.32. The number of rotatable bonds is 7. The van der Waals surface area contributed by atoms with Crippen LogP contribution < -0.4 is 16.8 Å². The number of carbonyl (C=O) groups is 2. The number of hydrogen-bond acceptors (Lipinski definition) is 7. The van der Waals surface area contributed by atoms with Crippen molar-refractivity contribution < 1.29 is 9.59 Å². The molecule has 0 atom stereocenters. The van der Waals surface area contributed by atoms with E-state index in [1.54, 1.807) is 11.3 Å². The van der Waals surface area contributed by atoms with E-state index in [1.807, 2.05) is 22.4 Å². The smallest absolute Gasteiger partial charge is 0.260 e. The molecule has 38 heavy (non-hydrogen) atoms. The molecule has 1 aliphatic carbocycles. The molecule has 5 N–H and O–H groups in total. The molecule has 2 aliphatic rings. The number of anilines is 1. The molecule has 0 bridgehead atoms. The van der Waals surface area contributed by atoms with Gasteiger partial charge in [-0.05, 0) is 55.0 Å². The SMILES string of the molecule is NC(=O)c1sc2nc3c(c(-c4cccs4)c2c1N)CN(C(=O)CNC1CCC(Cc2ccccc2)CC1)C3. The molecular weight excluding hydrogens is 514 g/mol. The van der Waals surface area contributed by atoms with Crippen LogP contribution in [-0.4, -0.2) is 34.3 Å². The van der Waals surface area contributed by atoms with E-state index in [0.29, 0.717) is 41.1 Å². The molecule has 3 aromatic heterocycles. The molecule has 1 saturated carbocycles. The van der Waals surface area contributed by atoms with Gasteiger partial charge in [0.05, 0.1) is 24.5 Å². The van der Waals surface area contributed by atoms with Crippen LogP contribution in [0.2, 0.25) is 0 Å². The molecule has 0 radical (unpaired) electrons. The fourth-order valence-corrected chi connectivity index (χ4v) is 7.66. The first-order valence-corrected chi connectivity index (χ1v) is 14.8. The first kappa shape index (κ1) is 25.0. The van der Waals surface area contributed by atoms with Gasteiger partial charge in [0.1, 0.15) is 9.71 Å². The average molecular weight is 546 g/mol. The van der Waals surface area contributed by atoms with Crippen LogP contribution in [0.1, 0.15) is 52.2 Å². The zero-order valence-corrected chi connectivity index (χ0v) is 22.7. The van der Waals surface area contributed by atoms with Crippen LogP contribution in [0.5, 0.6) is 0 Å². The number of nitrogens with two attached hydrogens (primary N) is 2. The van der Waals surface area contributed by atoms with Gasteiger partial charge in [0.15, 0.2) is 0 Å². The Labute approximate surface area is 229 Å². The van der Waals surface area contributed by atoms with Crippen molar-refractivity contribution in [3.8, 4) is 10.4 Å². The van der Waals surface area contributed by atoms with E-state index in [4.69, 9.17) is 16.5 Å². The summed E-state index contributed by atoms with van der Waals surface area (Å²) in [6.45, 7) is 1.27. The number of aromatic nitrogens is 1. The van der Waals surface area contributed by atoms with Gasteiger partial charge < -0.3 is 21.7 Å². The summed E-state index contributed by atoms with van der Waals surface area (Å²) in [5, 5.41) is 6.31. The zero-order valence-electron chi connectivity index (χ0n) is 21.1. The molecule has 1 aliphatic heterocycles. The number of fused-ring (bicyclic) bond motifs is 2. The molecule has 4 heterocycles. The summed E-state index contributed by atoms with van der Waals surface area (Å²) in [6.07, 6.45) is 5.73. The first-order chi connectivity index (χ1) is 18.5. The third kappa shape index (κ3) is 4.81. The summed E-state index contributed by atoms with van der Waals surface area (Å²) in [4.78, 5) is 34.0. The van der Waals surface area contributed by atoms with E-state index < -0.39 is 5.91 Å². The normalized spacial score (nSPS) is 19.1. The van der Waals surface area contributed by atoms with E-state index in [2.05, 4.69) is 35.6 Å². The number of amides is 2. The van der Waals surface area contributed by atoms with Crippen LogP contribution in [0.15, 0.2) is 47.8 Å². The molecule has 1 aromatic carbocycles. The van der Waals surface area contributed by atoms with Gasteiger partial charge in [-0.15, -0.1) is 22.7 Å². The Balaban J connectivity index is 1.12. The summed E-state index contributed by atoms with van der Waals surface area (Å²) >= 11 is 2.84. The molecular formula is C29H31N5O2S2. The monoisotopic (exact) mass is 545 g/mol. The van der Waals surface area contributed by atoms with Crippen molar-refractivity contribution >= 4 is 50.4 Å². The number of nitrogens with one attached hydrogen (secondary N) is 1. The number of nitrogen functional groups attached to an aromatic ring is 1. The van der Waals surface area contributed by atoms with Crippen molar-refractivity contribution in [1.29, 1.82) is 0 Å². The number of thiophene rings is 2. The van der Waals surface area contributed by atoms with Crippen molar-refractivity contribution in [3.63, 3.8) is 0 Å². The van der Waals surface area contributed by atoms with Gasteiger partial charge in [-0.25, -0.2) is 4.98 Å². The Morgan fingerprint density at radius 2 is 1.84 bits per heavy atom. The summed E-state index contributed by atoms with van der Waals surface area (Å²) < 4.78 is 0. The number of carbonyl (C=O) groups excluding carboxylic acids is 2. The summed E-state index contributed by atoms with van der Waals surface area (Å²) in [5.74, 6) is 0.262. The van der Waals surface area contributed by atoms with Crippen LogP contribution in [0.25, 0.3) is 20.7 Å². The number of primary amides is 1. The lowest BCUT2D eigenvalue weighted by Crippen LogP contribution is -2.41. The fraction of sp³-hybridized carbons (Fsp3) is 0.345. The van der Waals surface area contributed by atoms with Crippen LogP contribution in [0.3, 0.4) is 0 Å². The molecule has 2 amide bonds. The lowest BCUT2D eigenvalue weighted by atomic mass is 9.82. The van der Waals surface area contributed by atoms with Crippen LogP contribution in [0.4, 0.5) is 5.69 Å². The van der Waals surface area contributed by atoms with E-state index >= 15 is 0 Å². The zero-order chi connectivity index (χ0) is 26.2. The quantitative estimate of drug-likeness (QED) is 0.304. The van der Waals surface area contributed by atoms with E-state index in [1.165, 1.54) is 29.7 Å². The van der Waals surface area contributed by atoms with E-state index in [0.717, 1.165) is 52.3 Å². The number of benzene rings is 1. The third-order valence-corrected chi connectivity index (χ3v) is 9.85. The minimum absolute atomic E-state index is 0.0840. The second-order valence-corrected chi connectivity index (χ2v) is 12.3. The van der Waals surface area contributed by atoms with Crippen LogP contribution in [0, 0.1) is 5.92 Å². The molecule has 9 heteroatoms. The summed E-state index contributed by atoms with van der Waals surface area (Å²) in [6, 6.07) is 15.1. The highest BCUT2D eigenvalue weighted by molar-refractivity contribution is 7.21. The van der Waals surface area contributed by atoms with Gasteiger partial charge in [-0.2, -0.15) is 0 Å². The molecule has 7 nitrogen and oxygen atoms in total. The molecule has 0 unspecified atom stereocenters. The minimum Gasteiger partial charge on any atom is -0.397 e. The predicted molar refractivity (Wildman–Crippen MR) is 154 cm³/mol. The van der Waals surface area contributed by atoms with Gasteiger partial charge in [-0.3, -0.25) is 9.59 Å². The second kappa shape index (κ2) is 10.5. The first-order valence-electron chi connectivity index (χ1n) is 13.1. The van der Waals surface area contributed by atoms with Crippen LogP contribution in [-0.2, 0) is 24.3 Å². The van der Waals surface area contributed by atoms with E-state index in [-0.39, 0.29) is 5.91 Å². The topological polar surface area (TPSA) is 114 Å². The highest BCUT2D eigenvalue weighted by Crippen LogP contribution is 2.45. The Bertz CT molecular complexity index is 1470. The number of hydrogen-bond donors (Lipinski definition) is 3. The Kier molecular flexibility index (Phi) is 6.90. The molecule has 1 fully saturated rings. The Morgan fingerprint density at radius 3 is 2.55 bits per heavy atom. The number of nitrogens with zero attached hydrogens (tertiary/aromatic N) is 2. The largest absolute Gasteiger partial charge is 0.397 e. The summed E-state index contributed by atoms with van der Waals surface area (Å²) in [7, 11) is 0. The van der Waals surface area contributed by atoms with E-state index in [9.17, 15) is 9.59 Å². The van der Waals surface area contributed by atoms with Gasteiger partial charge >= 0.3 is 0 Å². The van der Waals surface area contributed by atoms with Gasteiger partial charge in [-0.1, -0.05) is 36.4 Å². The predicted octanol–water partition coefficient (Wildman–Crippen LogP) is 4.94. The average Bonchev–Trinajstić information content (AvgIpc) is 3.67. The lowest BCUT2D eigenvalue weighted by molar-refractivity contribution is -0.131. The minimum atomic E-state index is -0.542. The maximum absolute atomic E-state index is 13.3. The lowest BCUT2D eigenvalue weighted by Gasteiger charge is -2.29. The maximum Gasteiger partial charge on any atom is 0.260 e. The molecule has 6 rings (SSSR count). The molecule has 196 valence electrons. The Hall–Kier alpha value is -3.27. The van der Waals surface area contributed by atoms with Gasteiger partial charge in [0, 0.05) is 34.0 Å². The van der Waals surface area contributed by atoms with Crippen molar-refractivity contribution in [2.45, 2.75) is 51.2 Å². The fourth-order valence-electron chi connectivity index (χ4n) is 5.88. The molecule has 0 saturated heterocycles. The second-order valence-electron chi connectivity index (χ2n) is 10.3. The summed E-state index contributed by atoms with van der Waals surface area (Å²) in [5.41, 5.74) is 16.6. The highest BCUT2D eigenvalue weighted by atomic mass is 32.1. The van der Waals surface area contributed by atoms with Gasteiger partial charge in [0.2, 0.25) is 5.91 Å². The Morgan fingerprint density at radius 1 is 1.05 bits per heavy atom.